The zero-order valence-electron chi connectivity index (χ0n) is 12.8. The SMILES string of the molecule is CC(C)Oc1cccc(OCCN2CCN(C)CC2)c1. The van der Waals surface area contributed by atoms with Crippen LogP contribution in [0.25, 0.3) is 0 Å². The number of ether oxygens (including phenoxy) is 2. The summed E-state index contributed by atoms with van der Waals surface area (Å²) in [6.45, 7) is 10.3. The Balaban J connectivity index is 1.73. The third-order valence-corrected chi connectivity index (χ3v) is 3.45. The summed E-state index contributed by atoms with van der Waals surface area (Å²) in [6, 6.07) is 7.89. The normalized spacial score (nSPS) is 17.4. The highest BCUT2D eigenvalue weighted by molar-refractivity contribution is 5.33. The number of piperazine rings is 1. The van der Waals surface area contributed by atoms with Crippen molar-refractivity contribution in [2.45, 2.75) is 20.0 Å². The summed E-state index contributed by atoms with van der Waals surface area (Å²) >= 11 is 0. The van der Waals surface area contributed by atoms with Crippen molar-refractivity contribution in [3.05, 3.63) is 24.3 Å². The smallest absolute Gasteiger partial charge is 0.123 e. The molecule has 0 atom stereocenters. The molecule has 1 heterocycles. The summed E-state index contributed by atoms with van der Waals surface area (Å²) in [6.07, 6.45) is 0.190. The van der Waals surface area contributed by atoms with Crippen molar-refractivity contribution >= 4 is 0 Å². The lowest BCUT2D eigenvalue weighted by molar-refractivity contribution is 0.133. The molecule has 0 aliphatic carbocycles. The van der Waals surface area contributed by atoms with E-state index in [1.807, 2.05) is 38.1 Å². The molecule has 0 amide bonds. The molecule has 1 saturated heterocycles. The topological polar surface area (TPSA) is 24.9 Å². The summed E-state index contributed by atoms with van der Waals surface area (Å²) in [7, 11) is 2.17. The van der Waals surface area contributed by atoms with Gasteiger partial charge >= 0.3 is 0 Å². The van der Waals surface area contributed by atoms with E-state index in [1.165, 1.54) is 0 Å². The molecule has 0 aromatic heterocycles. The van der Waals surface area contributed by atoms with Crippen molar-refractivity contribution < 1.29 is 9.47 Å². The zero-order chi connectivity index (χ0) is 14.4. The Morgan fingerprint density at radius 3 is 2.50 bits per heavy atom. The van der Waals surface area contributed by atoms with Crippen molar-refractivity contribution in [2.75, 3.05) is 46.4 Å². The predicted octanol–water partition coefficient (Wildman–Crippen LogP) is 2.10. The number of nitrogens with zero attached hydrogens (tertiary/aromatic N) is 2. The Bertz CT molecular complexity index is 401. The van der Waals surface area contributed by atoms with Gasteiger partial charge in [0.1, 0.15) is 18.1 Å². The van der Waals surface area contributed by atoms with Crippen molar-refractivity contribution in [1.82, 2.24) is 9.80 Å². The van der Waals surface area contributed by atoms with E-state index in [0.717, 1.165) is 50.8 Å². The van der Waals surface area contributed by atoms with Crippen molar-refractivity contribution in [3.8, 4) is 11.5 Å². The zero-order valence-corrected chi connectivity index (χ0v) is 12.8. The quantitative estimate of drug-likeness (QED) is 0.795. The van der Waals surface area contributed by atoms with Crippen LogP contribution in [0.1, 0.15) is 13.8 Å². The van der Waals surface area contributed by atoms with Crippen LogP contribution in [-0.2, 0) is 0 Å². The maximum absolute atomic E-state index is 5.82. The molecule has 0 saturated carbocycles. The van der Waals surface area contributed by atoms with Crippen LogP contribution in [-0.4, -0.2) is 62.3 Å². The summed E-state index contributed by atoms with van der Waals surface area (Å²) < 4.78 is 11.5. The molecule has 1 fully saturated rings. The molecule has 1 aromatic rings. The third-order valence-electron chi connectivity index (χ3n) is 3.45. The highest BCUT2D eigenvalue weighted by atomic mass is 16.5. The second-order valence-corrected chi connectivity index (χ2v) is 5.63. The Hall–Kier alpha value is -1.26. The minimum absolute atomic E-state index is 0.190. The lowest BCUT2D eigenvalue weighted by atomic mass is 10.3. The van der Waals surface area contributed by atoms with Gasteiger partial charge in [0.25, 0.3) is 0 Å². The fourth-order valence-corrected chi connectivity index (χ4v) is 2.27. The number of rotatable bonds is 6. The van der Waals surface area contributed by atoms with E-state index < -0.39 is 0 Å². The van der Waals surface area contributed by atoms with Gasteiger partial charge in [0.15, 0.2) is 0 Å². The summed E-state index contributed by atoms with van der Waals surface area (Å²) in [5.41, 5.74) is 0. The first-order valence-electron chi connectivity index (χ1n) is 7.44. The molecule has 1 aliphatic rings. The van der Waals surface area contributed by atoms with E-state index in [-0.39, 0.29) is 6.10 Å². The van der Waals surface area contributed by atoms with Gasteiger partial charge in [-0.2, -0.15) is 0 Å². The van der Waals surface area contributed by atoms with Crippen molar-refractivity contribution in [3.63, 3.8) is 0 Å². The second kappa shape index (κ2) is 7.50. The van der Waals surface area contributed by atoms with E-state index in [1.54, 1.807) is 0 Å². The van der Waals surface area contributed by atoms with Gasteiger partial charge in [0.2, 0.25) is 0 Å². The lowest BCUT2D eigenvalue weighted by Gasteiger charge is -2.32. The first kappa shape index (κ1) is 15.1. The van der Waals surface area contributed by atoms with Gasteiger partial charge in [-0.15, -0.1) is 0 Å². The van der Waals surface area contributed by atoms with Crippen LogP contribution in [0.15, 0.2) is 24.3 Å². The van der Waals surface area contributed by atoms with Crippen molar-refractivity contribution in [1.29, 1.82) is 0 Å². The Morgan fingerprint density at radius 2 is 1.80 bits per heavy atom. The standard InChI is InChI=1S/C16H26N2O2/c1-14(2)20-16-6-4-5-15(13-16)19-12-11-18-9-7-17(3)8-10-18/h4-6,13-14H,7-12H2,1-3H3. The fourth-order valence-electron chi connectivity index (χ4n) is 2.27. The number of hydrogen-bond donors (Lipinski definition) is 0. The van der Waals surface area contributed by atoms with Gasteiger partial charge in [0.05, 0.1) is 6.10 Å². The largest absolute Gasteiger partial charge is 0.492 e. The molecule has 1 aliphatic heterocycles. The number of hydrogen-bond acceptors (Lipinski definition) is 4. The number of likely N-dealkylation sites (N-methyl/N-ethyl adjacent to an activating group) is 1. The third kappa shape index (κ3) is 5.02. The molecule has 1 aromatic carbocycles. The van der Waals surface area contributed by atoms with Gasteiger partial charge in [0, 0.05) is 38.8 Å². The minimum atomic E-state index is 0.190. The lowest BCUT2D eigenvalue weighted by Crippen LogP contribution is -2.45. The van der Waals surface area contributed by atoms with Crippen LogP contribution in [0.2, 0.25) is 0 Å². The molecule has 0 unspecified atom stereocenters. The Labute approximate surface area is 122 Å². The van der Waals surface area contributed by atoms with Gasteiger partial charge < -0.3 is 14.4 Å². The van der Waals surface area contributed by atoms with E-state index in [4.69, 9.17) is 9.47 Å². The first-order chi connectivity index (χ1) is 9.63. The number of benzene rings is 1. The van der Waals surface area contributed by atoms with E-state index in [2.05, 4.69) is 16.8 Å². The molecule has 112 valence electrons. The molecule has 20 heavy (non-hydrogen) atoms. The summed E-state index contributed by atoms with van der Waals surface area (Å²) in [4.78, 5) is 4.82. The van der Waals surface area contributed by atoms with Gasteiger partial charge in [-0.25, -0.2) is 0 Å². The maximum Gasteiger partial charge on any atom is 0.123 e. The first-order valence-corrected chi connectivity index (χ1v) is 7.44. The van der Waals surface area contributed by atoms with Gasteiger partial charge in [-0.1, -0.05) is 6.07 Å². The average Bonchev–Trinajstić information content (AvgIpc) is 2.41. The van der Waals surface area contributed by atoms with E-state index >= 15 is 0 Å². The monoisotopic (exact) mass is 278 g/mol. The van der Waals surface area contributed by atoms with Gasteiger partial charge in [-0.3, -0.25) is 4.90 Å². The summed E-state index contributed by atoms with van der Waals surface area (Å²) in [5.74, 6) is 1.76. The van der Waals surface area contributed by atoms with E-state index in [9.17, 15) is 0 Å². The van der Waals surface area contributed by atoms with Crippen LogP contribution in [0.3, 0.4) is 0 Å². The molecule has 2 rings (SSSR count). The summed E-state index contributed by atoms with van der Waals surface area (Å²) in [5, 5.41) is 0. The van der Waals surface area contributed by atoms with Crippen molar-refractivity contribution in [2.24, 2.45) is 0 Å². The second-order valence-electron chi connectivity index (χ2n) is 5.63. The molecule has 0 bridgehead atoms. The molecule has 0 N–H and O–H groups in total. The Kier molecular flexibility index (Phi) is 5.68. The molecule has 4 heteroatoms. The maximum atomic E-state index is 5.82. The van der Waals surface area contributed by atoms with E-state index in [0.29, 0.717) is 0 Å². The average molecular weight is 278 g/mol. The van der Waals surface area contributed by atoms with Crippen LogP contribution < -0.4 is 9.47 Å². The van der Waals surface area contributed by atoms with Crippen LogP contribution in [0, 0.1) is 0 Å². The minimum Gasteiger partial charge on any atom is -0.492 e. The Morgan fingerprint density at radius 1 is 1.10 bits per heavy atom. The molecular formula is C16H26N2O2. The highest BCUT2D eigenvalue weighted by Crippen LogP contribution is 2.20. The predicted molar refractivity (Wildman–Crippen MR) is 81.6 cm³/mol. The molecule has 4 nitrogen and oxygen atoms in total. The van der Waals surface area contributed by atoms with Crippen LogP contribution >= 0.6 is 0 Å². The highest BCUT2D eigenvalue weighted by Gasteiger charge is 2.13. The van der Waals surface area contributed by atoms with Crippen LogP contribution in [0.5, 0.6) is 11.5 Å². The fraction of sp³-hybridized carbons (Fsp3) is 0.625. The van der Waals surface area contributed by atoms with Crippen LogP contribution in [0.4, 0.5) is 0 Å². The molecular weight excluding hydrogens is 252 g/mol. The van der Waals surface area contributed by atoms with Gasteiger partial charge in [-0.05, 0) is 33.0 Å². The molecule has 0 spiro atoms. The molecule has 0 radical (unpaired) electrons.